The highest BCUT2D eigenvalue weighted by Gasteiger charge is 2.14. The lowest BCUT2D eigenvalue weighted by atomic mass is 10.1. The lowest BCUT2D eigenvalue weighted by molar-refractivity contribution is -0.117. The van der Waals surface area contributed by atoms with Crippen molar-refractivity contribution in [1.29, 1.82) is 0 Å². The van der Waals surface area contributed by atoms with Crippen molar-refractivity contribution in [3.8, 4) is 28.7 Å². The molecule has 0 aliphatic rings. The molecule has 1 unspecified atom stereocenters. The van der Waals surface area contributed by atoms with Gasteiger partial charge < -0.3 is 29.0 Å². The van der Waals surface area contributed by atoms with Gasteiger partial charge in [-0.2, -0.15) is 0 Å². The third-order valence-corrected chi connectivity index (χ3v) is 4.62. The maximum atomic E-state index is 12.5. The molecule has 2 rings (SSSR count). The van der Waals surface area contributed by atoms with E-state index < -0.39 is 0 Å². The highest BCUT2D eigenvalue weighted by atomic mass is 16.5. The Morgan fingerprint density at radius 2 is 1.58 bits per heavy atom. The van der Waals surface area contributed by atoms with Gasteiger partial charge in [-0.25, -0.2) is 0 Å². The van der Waals surface area contributed by atoms with Gasteiger partial charge in [0.25, 0.3) is 0 Å². The molecule has 7 heteroatoms. The third kappa shape index (κ3) is 6.31. The lowest BCUT2D eigenvalue weighted by Gasteiger charge is -2.16. The van der Waals surface area contributed by atoms with E-state index in [4.69, 9.17) is 23.7 Å². The van der Waals surface area contributed by atoms with Crippen LogP contribution in [0.1, 0.15) is 37.4 Å². The zero-order chi connectivity index (χ0) is 22.8. The van der Waals surface area contributed by atoms with Crippen LogP contribution in [0.15, 0.2) is 36.4 Å². The lowest BCUT2D eigenvalue weighted by Crippen LogP contribution is -2.24. The van der Waals surface area contributed by atoms with Crippen molar-refractivity contribution < 1.29 is 28.5 Å². The molecule has 0 aliphatic heterocycles. The van der Waals surface area contributed by atoms with Gasteiger partial charge in [-0.3, -0.25) is 4.79 Å². The molecule has 0 saturated heterocycles. The molecule has 0 bridgehead atoms. The smallest absolute Gasteiger partial charge is 0.244 e. The SMILES string of the molecule is CCCOc1ccc(C(C)NC(=O)/C=C/c2cc(OC)c(OC)c(OC)c2)cc1OC. The average molecular weight is 430 g/mol. The van der Waals surface area contributed by atoms with Gasteiger partial charge in [-0.05, 0) is 54.8 Å². The van der Waals surface area contributed by atoms with E-state index in [1.165, 1.54) is 6.08 Å². The van der Waals surface area contributed by atoms with E-state index in [1.807, 2.05) is 32.0 Å². The summed E-state index contributed by atoms with van der Waals surface area (Å²) in [5.74, 6) is 2.64. The van der Waals surface area contributed by atoms with E-state index in [-0.39, 0.29) is 11.9 Å². The van der Waals surface area contributed by atoms with Crippen LogP contribution in [-0.4, -0.2) is 41.0 Å². The molecule has 0 radical (unpaired) electrons. The average Bonchev–Trinajstić information content (AvgIpc) is 2.80. The van der Waals surface area contributed by atoms with Crippen molar-refractivity contribution in [2.75, 3.05) is 35.0 Å². The van der Waals surface area contributed by atoms with E-state index in [1.54, 1.807) is 46.6 Å². The topological polar surface area (TPSA) is 75.3 Å². The van der Waals surface area contributed by atoms with Crippen LogP contribution < -0.4 is 29.0 Å². The quantitative estimate of drug-likeness (QED) is 0.534. The Labute approximate surface area is 183 Å². The Kier molecular flexibility index (Phi) is 9.06. The Hall–Kier alpha value is -3.35. The van der Waals surface area contributed by atoms with Crippen LogP contribution in [0.4, 0.5) is 0 Å². The summed E-state index contributed by atoms with van der Waals surface area (Å²) in [5.41, 5.74) is 1.66. The summed E-state index contributed by atoms with van der Waals surface area (Å²) in [6.45, 7) is 4.57. The fourth-order valence-corrected chi connectivity index (χ4v) is 3.00. The summed E-state index contributed by atoms with van der Waals surface area (Å²) < 4.78 is 27.1. The minimum atomic E-state index is -0.230. The minimum Gasteiger partial charge on any atom is -0.493 e. The minimum absolute atomic E-state index is 0.216. The number of ether oxygens (including phenoxy) is 5. The number of methoxy groups -OCH3 is 4. The first-order valence-electron chi connectivity index (χ1n) is 10.1. The van der Waals surface area contributed by atoms with Crippen LogP contribution in [0, 0.1) is 0 Å². The van der Waals surface area contributed by atoms with Crippen molar-refractivity contribution in [2.24, 2.45) is 0 Å². The van der Waals surface area contributed by atoms with Gasteiger partial charge in [0.1, 0.15) is 0 Å². The van der Waals surface area contributed by atoms with Gasteiger partial charge in [0.05, 0.1) is 41.1 Å². The summed E-state index contributed by atoms with van der Waals surface area (Å²) in [5, 5.41) is 2.95. The van der Waals surface area contributed by atoms with E-state index in [2.05, 4.69) is 5.32 Å². The molecule has 0 spiro atoms. The number of amides is 1. The Balaban J connectivity index is 2.11. The highest BCUT2D eigenvalue weighted by Crippen LogP contribution is 2.38. The van der Waals surface area contributed by atoms with Crippen molar-refractivity contribution in [3.05, 3.63) is 47.5 Å². The van der Waals surface area contributed by atoms with Gasteiger partial charge in [-0.15, -0.1) is 0 Å². The Bertz CT molecular complexity index is 884. The van der Waals surface area contributed by atoms with Crippen LogP contribution in [0.25, 0.3) is 6.08 Å². The molecule has 2 aromatic carbocycles. The highest BCUT2D eigenvalue weighted by molar-refractivity contribution is 5.92. The second-order valence-corrected chi connectivity index (χ2v) is 6.78. The molecule has 1 amide bonds. The summed E-state index contributed by atoms with van der Waals surface area (Å²) in [4.78, 5) is 12.5. The first-order valence-corrected chi connectivity index (χ1v) is 10.1. The Morgan fingerprint density at radius 1 is 0.935 bits per heavy atom. The van der Waals surface area contributed by atoms with Crippen molar-refractivity contribution in [1.82, 2.24) is 5.32 Å². The second kappa shape index (κ2) is 11.7. The number of hydrogen-bond acceptors (Lipinski definition) is 6. The number of hydrogen-bond donors (Lipinski definition) is 1. The molecular formula is C24H31NO6. The normalized spacial score (nSPS) is 11.7. The van der Waals surface area contributed by atoms with E-state index in [9.17, 15) is 4.79 Å². The molecule has 0 aromatic heterocycles. The number of rotatable bonds is 11. The molecule has 2 aromatic rings. The number of carbonyl (C=O) groups excluding carboxylic acids is 1. The standard InChI is InChI=1S/C24H31NO6/c1-7-12-31-19-10-9-18(15-20(19)27-3)16(2)25-23(26)11-8-17-13-21(28-4)24(30-6)22(14-17)29-5/h8-11,13-16H,7,12H2,1-6H3,(H,25,26)/b11-8+. The van der Waals surface area contributed by atoms with Crippen LogP contribution in [0.2, 0.25) is 0 Å². The first-order chi connectivity index (χ1) is 15.0. The molecule has 31 heavy (non-hydrogen) atoms. The molecule has 1 atom stereocenters. The van der Waals surface area contributed by atoms with Gasteiger partial charge in [0.2, 0.25) is 11.7 Å². The van der Waals surface area contributed by atoms with Crippen molar-refractivity contribution in [3.63, 3.8) is 0 Å². The van der Waals surface area contributed by atoms with Crippen LogP contribution >= 0.6 is 0 Å². The first kappa shape index (κ1) is 23.9. The molecular weight excluding hydrogens is 398 g/mol. The molecule has 0 saturated carbocycles. The van der Waals surface area contributed by atoms with E-state index in [0.29, 0.717) is 35.4 Å². The monoisotopic (exact) mass is 429 g/mol. The van der Waals surface area contributed by atoms with Crippen LogP contribution in [0.3, 0.4) is 0 Å². The van der Waals surface area contributed by atoms with Crippen LogP contribution in [0.5, 0.6) is 28.7 Å². The van der Waals surface area contributed by atoms with Crippen molar-refractivity contribution >= 4 is 12.0 Å². The van der Waals surface area contributed by atoms with Gasteiger partial charge in [0, 0.05) is 6.08 Å². The zero-order valence-corrected chi connectivity index (χ0v) is 19.0. The number of benzene rings is 2. The predicted molar refractivity (Wildman–Crippen MR) is 120 cm³/mol. The molecule has 168 valence electrons. The fourth-order valence-electron chi connectivity index (χ4n) is 3.00. The second-order valence-electron chi connectivity index (χ2n) is 6.78. The maximum absolute atomic E-state index is 12.5. The molecule has 7 nitrogen and oxygen atoms in total. The van der Waals surface area contributed by atoms with Crippen LogP contribution in [-0.2, 0) is 4.79 Å². The number of carbonyl (C=O) groups is 1. The third-order valence-electron chi connectivity index (χ3n) is 4.62. The van der Waals surface area contributed by atoms with Gasteiger partial charge in [-0.1, -0.05) is 13.0 Å². The molecule has 0 heterocycles. The predicted octanol–water partition coefficient (Wildman–Crippen LogP) is 4.40. The van der Waals surface area contributed by atoms with Gasteiger partial charge in [0.15, 0.2) is 23.0 Å². The molecule has 0 fully saturated rings. The fraction of sp³-hybridized carbons (Fsp3) is 0.375. The summed E-state index contributed by atoms with van der Waals surface area (Å²) in [6.07, 6.45) is 4.07. The molecule has 0 aliphatic carbocycles. The number of nitrogens with one attached hydrogen (secondary N) is 1. The summed E-state index contributed by atoms with van der Waals surface area (Å²) in [7, 11) is 6.24. The zero-order valence-electron chi connectivity index (χ0n) is 19.0. The maximum Gasteiger partial charge on any atom is 0.244 e. The summed E-state index contributed by atoms with van der Waals surface area (Å²) in [6, 6.07) is 8.98. The van der Waals surface area contributed by atoms with E-state index in [0.717, 1.165) is 17.5 Å². The Morgan fingerprint density at radius 3 is 2.13 bits per heavy atom. The van der Waals surface area contributed by atoms with Gasteiger partial charge >= 0.3 is 0 Å². The summed E-state index contributed by atoms with van der Waals surface area (Å²) >= 11 is 0. The van der Waals surface area contributed by atoms with Crippen molar-refractivity contribution in [2.45, 2.75) is 26.3 Å². The molecule has 1 N–H and O–H groups in total. The largest absolute Gasteiger partial charge is 0.493 e. The van der Waals surface area contributed by atoms with E-state index >= 15 is 0 Å².